The average molecular weight is 464 g/mol. The number of aromatic amines is 1. The highest BCUT2D eigenvalue weighted by molar-refractivity contribution is 6.06. The molecule has 4 rings (SSSR count). The first-order valence-electron chi connectivity index (χ1n) is 10.9. The Bertz CT molecular complexity index is 1310. The van der Waals surface area contributed by atoms with Crippen molar-refractivity contribution in [3.63, 3.8) is 0 Å². The fraction of sp³-hybridized carbons (Fsp3) is 0.192. The molecule has 0 spiro atoms. The second-order valence-electron chi connectivity index (χ2n) is 7.91. The number of hydrogen-bond donors (Lipinski definition) is 2. The largest absolute Gasteiger partial charge is 0.416 e. The van der Waals surface area contributed by atoms with Crippen LogP contribution < -0.4 is 5.43 Å². The number of pyridine rings is 1. The number of halogens is 3. The van der Waals surface area contributed by atoms with Crippen LogP contribution in [0.2, 0.25) is 0 Å². The number of carbonyl (C=O) groups is 1. The first-order valence-corrected chi connectivity index (χ1v) is 10.9. The second kappa shape index (κ2) is 9.91. The van der Waals surface area contributed by atoms with Crippen LogP contribution in [-0.4, -0.2) is 22.1 Å². The topological polar surface area (TPSA) is 70.1 Å². The van der Waals surface area contributed by atoms with E-state index in [2.05, 4.69) is 33.5 Å². The first kappa shape index (κ1) is 23.2. The second-order valence-corrected chi connectivity index (χ2v) is 7.91. The molecule has 0 aliphatic carbocycles. The minimum atomic E-state index is -4.41. The molecule has 4 aromatic rings. The van der Waals surface area contributed by atoms with Crippen molar-refractivity contribution in [1.82, 2.24) is 15.4 Å². The maximum absolute atomic E-state index is 13.0. The first-order chi connectivity index (χ1) is 16.4. The van der Waals surface area contributed by atoms with E-state index in [0.29, 0.717) is 22.4 Å². The summed E-state index contributed by atoms with van der Waals surface area (Å²) in [7, 11) is 0. The molecule has 0 bridgehead atoms. The Morgan fingerprint density at radius 3 is 2.50 bits per heavy atom. The Balaban J connectivity index is 1.72. The SMILES string of the molecule is CCCCc1ccc2[nH]c(-c3ccc(C(F)(F)F)cc3)c(/C=N/NC(=O)c3ccncc3)c2c1. The number of benzene rings is 2. The van der Waals surface area contributed by atoms with E-state index in [-0.39, 0.29) is 0 Å². The highest BCUT2D eigenvalue weighted by atomic mass is 19.4. The third-order valence-electron chi connectivity index (χ3n) is 5.53. The summed E-state index contributed by atoms with van der Waals surface area (Å²) in [4.78, 5) is 19.5. The van der Waals surface area contributed by atoms with E-state index in [1.807, 2.05) is 12.1 Å². The lowest BCUT2D eigenvalue weighted by Gasteiger charge is -2.07. The van der Waals surface area contributed by atoms with E-state index in [0.717, 1.165) is 47.9 Å². The van der Waals surface area contributed by atoms with Gasteiger partial charge in [-0.25, -0.2) is 5.43 Å². The van der Waals surface area contributed by atoms with Crippen LogP contribution in [0.5, 0.6) is 0 Å². The van der Waals surface area contributed by atoms with Gasteiger partial charge < -0.3 is 4.98 Å². The minimum absolute atomic E-state index is 0.391. The van der Waals surface area contributed by atoms with E-state index >= 15 is 0 Å². The molecule has 0 aliphatic heterocycles. The van der Waals surface area contributed by atoms with Gasteiger partial charge in [0.2, 0.25) is 0 Å². The number of hydrogen-bond acceptors (Lipinski definition) is 3. The van der Waals surface area contributed by atoms with Gasteiger partial charge in [0, 0.05) is 34.4 Å². The molecule has 0 fully saturated rings. The molecule has 2 aromatic heterocycles. The summed E-state index contributed by atoms with van der Waals surface area (Å²) in [6.45, 7) is 2.13. The van der Waals surface area contributed by atoms with Gasteiger partial charge in [-0.3, -0.25) is 9.78 Å². The molecular weight excluding hydrogens is 441 g/mol. The highest BCUT2D eigenvalue weighted by Crippen LogP contribution is 2.34. The average Bonchev–Trinajstić information content (AvgIpc) is 3.20. The third-order valence-corrected chi connectivity index (χ3v) is 5.53. The monoisotopic (exact) mass is 464 g/mol. The lowest BCUT2D eigenvalue weighted by molar-refractivity contribution is -0.137. The molecule has 0 atom stereocenters. The van der Waals surface area contributed by atoms with Crippen LogP contribution in [0.3, 0.4) is 0 Å². The van der Waals surface area contributed by atoms with Gasteiger partial charge in [-0.1, -0.05) is 31.5 Å². The maximum atomic E-state index is 13.0. The molecule has 1 amide bonds. The van der Waals surface area contributed by atoms with Crippen molar-refractivity contribution in [2.24, 2.45) is 5.10 Å². The Morgan fingerprint density at radius 1 is 1.09 bits per heavy atom. The lowest BCUT2D eigenvalue weighted by atomic mass is 10.0. The van der Waals surface area contributed by atoms with Crippen LogP contribution in [0.25, 0.3) is 22.2 Å². The maximum Gasteiger partial charge on any atom is 0.416 e. The highest BCUT2D eigenvalue weighted by Gasteiger charge is 2.30. The minimum Gasteiger partial charge on any atom is -0.354 e. The van der Waals surface area contributed by atoms with Crippen LogP contribution >= 0.6 is 0 Å². The van der Waals surface area contributed by atoms with Crippen molar-refractivity contribution in [3.05, 3.63) is 89.2 Å². The third kappa shape index (κ3) is 5.17. The number of H-pyrrole nitrogens is 1. The van der Waals surface area contributed by atoms with Gasteiger partial charge in [-0.05, 0) is 60.4 Å². The molecule has 8 heteroatoms. The Morgan fingerprint density at radius 2 is 1.82 bits per heavy atom. The van der Waals surface area contributed by atoms with Crippen molar-refractivity contribution in [2.75, 3.05) is 0 Å². The van der Waals surface area contributed by atoms with Crippen LogP contribution in [0, 0.1) is 0 Å². The van der Waals surface area contributed by atoms with Gasteiger partial charge in [0.15, 0.2) is 0 Å². The summed E-state index contributed by atoms with van der Waals surface area (Å²) in [6, 6.07) is 14.2. The van der Waals surface area contributed by atoms with Crippen LogP contribution in [-0.2, 0) is 12.6 Å². The molecule has 2 N–H and O–H groups in total. The fourth-order valence-electron chi connectivity index (χ4n) is 3.71. The van der Waals surface area contributed by atoms with Gasteiger partial charge in [0.05, 0.1) is 17.5 Å². The summed E-state index contributed by atoms with van der Waals surface area (Å²) in [6.07, 6.45) is 3.17. The number of hydrazone groups is 1. The molecule has 0 saturated heterocycles. The normalized spacial score (nSPS) is 11.9. The molecule has 2 heterocycles. The van der Waals surface area contributed by atoms with E-state index in [9.17, 15) is 18.0 Å². The molecule has 2 aromatic carbocycles. The number of alkyl halides is 3. The summed E-state index contributed by atoms with van der Waals surface area (Å²) in [5.74, 6) is -0.391. The number of fused-ring (bicyclic) bond motifs is 1. The number of nitrogens with zero attached hydrogens (tertiary/aromatic N) is 2. The zero-order chi connectivity index (χ0) is 24.1. The summed E-state index contributed by atoms with van der Waals surface area (Å²) in [5.41, 5.74) is 6.07. The quantitative estimate of drug-likeness (QED) is 0.247. The van der Waals surface area contributed by atoms with Crippen LogP contribution in [0.15, 0.2) is 72.1 Å². The molecule has 0 saturated carbocycles. The summed E-state index contributed by atoms with van der Waals surface area (Å²) in [5, 5.41) is 5.01. The number of rotatable bonds is 7. The Kier molecular flexibility index (Phi) is 6.77. The number of aryl methyl sites for hydroxylation is 1. The standard InChI is InChI=1S/C26H23F3N4O/c1-2-3-4-17-5-10-23-21(15-17)22(16-31-33-25(34)19-11-13-30-14-12-19)24(32-23)18-6-8-20(9-7-18)26(27,28)29/h5-16,32H,2-4H2,1H3,(H,33,34)/b31-16+. The lowest BCUT2D eigenvalue weighted by Crippen LogP contribution is -2.17. The van der Waals surface area contributed by atoms with Crippen LogP contribution in [0.4, 0.5) is 13.2 Å². The zero-order valence-corrected chi connectivity index (χ0v) is 18.5. The molecule has 5 nitrogen and oxygen atoms in total. The molecule has 0 unspecified atom stereocenters. The Labute approximate surface area is 194 Å². The fourth-order valence-corrected chi connectivity index (χ4v) is 3.71. The van der Waals surface area contributed by atoms with Gasteiger partial charge in [-0.15, -0.1) is 0 Å². The molecule has 0 radical (unpaired) electrons. The Hall–Kier alpha value is -3.94. The van der Waals surface area contributed by atoms with Crippen LogP contribution in [0.1, 0.15) is 46.8 Å². The zero-order valence-electron chi connectivity index (χ0n) is 18.5. The summed E-state index contributed by atoms with van der Waals surface area (Å²) >= 11 is 0. The smallest absolute Gasteiger partial charge is 0.354 e. The summed E-state index contributed by atoms with van der Waals surface area (Å²) < 4.78 is 39.1. The molecule has 174 valence electrons. The number of aromatic nitrogens is 2. The van der Waals surface area contributed by atoms with Crippen molar-refractivity contribution in [2.45, 2.75) is 32.4 Å². The number of unbranched alkanes of at least 4 members (excludes halogenated alkanes) is 1. The van der Waals surface area contributed by atoms with Gasteiger partial charge in [0.1, 0.15) is 0 Å². The van der Waals surface area contributed by atoms with E-state index in [4.69, 9.17) is 0 Å². The van der Waals surface area contributed by atoms with Crippen molar-refractivity contribution < 1.29 is 18.0 Å². The molecule has 0 aliphatic rings. The predicted molar refractivity (Wildman–Crippen MR) is 127 cm³/mol. The van der Waals surface area contributed by atoms with E-state index in [1.165, 1.54) is 30.7 Å². The van der Waals surface area contributed by atoms with E-state index < -0.39 is 17.6 Å². The van der Waals surface area contributed by atoms with Crippen molar-refractivity contribution in [1.29, 1.82) is 0 Å². The predicted octanol–water partition coefficient (Wildman–Crippen LogP) is 6.36. The number of carbonyl (C=O) groups excluding carboxylic acids is 1. The van der Waals surface area contributed by atoms with Gasteiger partial charge in [0.25, 0.3) is 5.91 Å². The number of nitrogens with one attached hydrogen (secondary N) is 2. The van der Waals surface area contributed by atoms with Gasteiger partial charge in [-0.2, -0.15) is 18.3 Å². The molecular formula is C26H23F3N4O. The molecule has 34 heavy (non-hydrogen) atoms. The van der Waals surface area contributed by atoms with Gasteiger partial charge >= 0.3 is 6.18 Å². The number of amides is 1. The van der Waals surface area contributed by atoms with Crippen molar-refractivity contribution >= 4 is 23.0 Å². The van der Waals surface area contributed by atoms with E-state index in [1.54, 1.807) is 12.1 Å². The van der Waals surface area contributed by atoms with Crippen molar-refractivity contribution in [3.8, 4) is 11.3 Å².